The average Bonchev–Trinajstić information content (AvgIpc) is 2.45. The summed E-state index contributed by atoms with van der Waals surface area (Å²) in [6.45, 7) is 2.18. The number of amides is 1. The fourth-order valence-electron chi connectivity index (χ4n) is 1.90. The van der Waals surface area contributed by atoms with Crippen LogP contribution in [-0.4, -0.2) is 43.9 Å². The minimum absolute atomic E-state index is 0.105. The molecule has 1 aromatic carbocycles. The smallest absolute Gasteiger partial charge is 0.326 e. The van der Waals surface area contributed by atoms with Crippen molar-refractivity contribution in [1.82, 2.24) is 5.32 Å². The zero-order valence-corrected chi connectivity index (χ0v) is 12.5. The number of hydrogen-bond donors (Lipinski definition) is 2. The highest BCUT2D eigenvalue weighted by molar-refractivity contribution is 5.84. The summed E-state index contributed by atoms with van der Waals surface area (Å²) in [6, 6.07) is 4.52. The fourth-order valence-corrected chi connectivity index (χ4v) is 1.90. The van der Waals surface area contributed by atoms with Crippen molar-refractivity contribution in [2.24, 2.45) is 0 Å². The minimum atomic E-state index is -1.07. The van der Waals surface area contributed by atoms with Gasteiger partial charge in [-0.3, -0.25) is 4.79 Å². The summed E-state index contributed by atoms with van der Waals surface area (Å²) in [5, 5.41) is 11.5. The molecule has 1 rings (SSSR count). The zero-order valence-electron chi connectivity index (χ0n) is 12.5. The molecule has 0 bridgehead atoms. The van der Waals surface area contributed by atoms with Gasteiger partial charge in [-0.05, 0) is 24.1 Å². The van der Waals surface area contributed by atoms with E-state index in [2.05, 4.69) is 5.32 Å². The molecule has 0 aromatic heterocycles. The Hall–Kier alpha value is -2.08. The molecule has 1 unspecified atom stereocenters. The quantitative estimate of drug-likeness (QED) is 0.751. The molecule has 1 amide bonds. The molecule has 1 aromatic rings. The highest BCUT2D eigenvalue weighted by Crippen LogP contribution is 2.19. The van der Waals surface area contributed by atoms with Gasteiger partial charge in [-0.2, -0.15) is 0 Å². The number of benzene rings is 1. The molecule has 21 heavy (non-hydrogen) atoms. The maximum absolute atomic E-state index is 11.9. The van der Waals surface area contributed by atoms with E-state index >= 15 is 0 Å². The van der Waals surface area contributed by atoms with Crippen LogP contribution in [0.15, 0.2) is 18.2 Å². The number of carboxylic acid groups (broad SMARTS) is 1. The lowest BCUT2D eigenvalue weighted by Crippen LogP contribution is -2.42. The van der Waals surface area contributed by atoms with Gasteiger partial charge in [-0.15, -0.1) is 0 Å². The Labute approximate surface area is 124 Å². The van der Waals surface area contributed by atoms with Gasteiger partial charge >= 0.3 is 5.97 Å². The van der Waals surface area contributed by atoms with E-state index in [9.17, 15) is 9.59 Å². The van der Waals surface area contributed by atoms with Gasteiger partial charge in [0.15, 0.2) is 0 Å². The monoisotopic (exact) mass is 295 g/mol. The molecule has 0 heterocycles. The van der Waals surface area contributed by atoms with Crippen molar-refractivity contribution in [3.63, 3.8) is 0 Å². The summed E-state index contributed by atoms with van der Waals surface area (Å²) in [5.41, 5.74) is 1.75. The van der Waals surface area contributed by atoms with E-state index in [-0.39, 0.29) is 25.4 Å². The summed E-state index contributed by atoms with van der Waals surface area (Å²) in [5.74, 6) is -0.708. The number of aliphatic carboxylic acids is 1. The number of carbonyl (C=O) groups is 2. The second-order valence-electron chi connectivity index (χ2n) is 4.72. The molecule has 0 aliphatic heterocycles. The van der Waals surface area contributed by atoms with Gasteiger partial charge < -0.3 is 19.9 Å². The second-order valence-corrected chi connectivity index (χ2v) is 4.72. The molecular weight excluding hydrogens is 274 g/mol. The highest BCUT2D eigenvalue weighted by atomic mass is 16.5. The van der Waals surface area contributed by atoms with E-state index in [1.165, 1.54) is 7.11 Å². The first kappa shape index (κ1) is 17.0. The second kappa shape index (κ2) is 8.26. The number of methoxy groups -OCH3 is 2. The predicted octanol–water partition coefficient (Wildman–Crippen LogP) is 1.15. The molecule has 0 saturated carbocycles. The van der Waals surface area contributed by atoms with Crippen LogP contribution in [0.4, 0.5) is 0 Å². The lowest BCUT2D eigenvalue weighted by Gasteiger charge is -2.14. The maximum Gasteiger partial charge on any atom is 0.326 e. The first-order valence-electron chi connectivity index (χ1n) is 6.62. The SMILES string of the molecule is COCCC(NC(=O)Cc1ccc(C)c(OC)c1)C(=O)O. The van der Waals surface area contributed by atoms with E-state index in [0.29, 0.717) is 5.75 Å². The number of hydrogen-bond acceptors (Lipinski definition) is 4. The fraction of sp³-hybridized carbons (Fsp3) is 0.467. The van der Waals surface area contributed by atoms with Gasteiger partial charge in [0.1, 0.15) is 11.8 Å². The molecule has 0 spiro atoms. The predicted molar refractivity (Wildman–Crippen MR) is 77.5 cm³/mol. The van der Waals surface area contributed by atoms with E-state index in [4.69, 9.17) is 14.6 Å². The largest absolute Gasteiger partial charge is 0.496 e. The molecule has 0 saturated heterocycles. The average molecular weight is 295 g/mol. The summed E-state index contributed by atoms with van der Waals surface area (Å²) in [4.78, 5) is 23.0. The highest BCUT2D eigenvalue weighted by Gasteiger charge is 2.19. The first-order chi connectivity index (χ1) is 9.97. The van der Waals surface area contributed by atoms with Crippen molar-refractivity contribution >= 4 is 11.9 Å². The van der Waals surface area contributed by atoms with Gasteiger partial charge in [0, 0.05) is 20.1 Å². The molecule has 0 fully saturated rings. The number of carboxylic acids is 1. The third-order valence-electron chi connectivity index (χ3n) is 3.08. The Morgan fingerprint density at radius 3 is 2.62 bits per heavy atom. The molecule has 0 aliphatic rings. The lowest BCUT2D eigenvalue weighted by molar-refractivity contribution is -0.142. The van der Waals surface area contributed by atoms with Gasteiger partial charge in [0.05, 0.1) is 13.5 Å². The van der Waals surface area contributed by atoms with Crippen molar-refractivity contribution in [2.75, 3.05) is 20.8 Å². The van der Waals surface area contributed by atoms with Crippen molar-refractivity contribution in [1.29, 1.82) is 0 Å². The van der Waals surface area contributed by atoms with Crippen LogP contribution in [0.2, 0.25) is 0 Å². The standard InChI is InChI=1S/C15H21NO5/c1-10-4-5-11(8-13(10)21-3)9-14(17)16-12(15(18)19)6-7-20-2/h4-5,8,12H,6-7,9H2,1-3H3,(H,16,17)(H,18,19). The zero-order chi connectivity index (χ0) is 15.8. The summed E-state index contributed by atoms with van der Waals surface area (Å²) in [7, 11) is 3.05. The van der Waals surface area contributed by atoms with Gasteiger partial charge in [0.25, 0.3) is 0 Å². The normalized spacial score (nSPS) is 11.8. The van der Waals surface area contributed by atoms with Crippen LogP contribution >= 0.6 is 0 Å². The van der Waals surface area contributed by atoms with Gasteiger partial charge in [0.2, 0.25) is 5.91 Å². The van der Waals surface area contributed by atoms with E-state index in [1.807, 2.05) is 19.1 Å². The molecule has 0 radical (unpaired) electrons. The topological polar surface area (TPSA) is 84.9 Å². The summed E-state index contributed by atoms with van der Waals surface area (Å²) < 4.78 is 10.0. The number of aryl methyl sites for hydroxylation is 1. The summed E-state index contributed by atoms with van der Waals surface area (Å²) in [6.07, 6.45) is 0.336. The minimum Gasteiger partial charge on any atom is -0.496 e. The third kappa shape index (κ3) is 5.43. The van der Waals surface area contributed by atoms with Gasteiger partial charge in [-0.1, -0.05) is 12.1 Å². The Morgan fingerprint density at radius 2 is 2.05 bits per heavy atom. The number of carbonyl (C=O) groups excluding carboxylic acids is 1. The van der Waals surface area contributed by atoms with Crippen LogP contribution in [0.1, 0.15) is 17.5 Å². The Balaban J connectivity index is 2.65. The van der Waals surface area contributed by atoms with Gasteiger partial charge in [-0.25, -0.2) is 4.79 Å². The van der Waals surface area contributed by atoms with Crippen molar-refractivity contribution in [3.05, 3.63) is 29.3 Å². The van der Waals surface area contributed by atoms with Crippen LogP contribution in [0, 0.1) is 6.92 Å². The Bertz CT molecular complexity index is 501. The number of nitrogens with one attached hydrogen (secondary N) is 1. The van der Waals surface area contributed by atoms with E-state index in [1.54, 1.807) is 13.2 Å². The van der Waals surface area contributed by atoms with Crippen molar-refractivity contribution < 1.29 is 24.2 Å². The first-order valence-corrected chi connectivity index (χ1v) is 6.62. The van der Waals surface area contributed by atoms with E-state index < -0.39 is 12.0 Å². The summed E-state index contributed by atoms with van der Waals surface area (Å²) >= 11 is 0. The number of ether oxygens (including phenoxy) is 2. The van der Waals surface area contributed by atoms with Crippen LogP contribution in [-0.2, 0) is 20.7 Å². The Kier molecular flexibility index (Phi) is 6.68. The van der Waals surface area contributed by atoms with Crippen LogP contribution in [0.3, 0.4) is 0 Å². The van der Waals surface area contributed by atoms with Crippen LogP contribution < -0.4 is 10.1 Å². The molecule has 1 atom stereocenters. The molecule has 0 aliphatic carbocycles. The molecule has 116 valence electrons. The molecule has 2 N–H and O–H groups in total. The van der Waals surface area contributed by atoms with Crippen LogP contribution in [0.5, 0.6) is 5.75 Å². The van der Waals surface area contributed by atoms with Crippen LogP contribution in [0.25, 0.3) is 0 Å². The lowest BCUT2D eigenvalue weighted by atomic mass is 10.1. The van der Waals surface area contributed by atoms with Crippen molar-refractivity contribution in [2.45, 2.75) is 25.8 Å². The van der Waals surface area contributed by atoms with E-state index in [0.717, 1.165) is 11.1 Å². The molecular formula is C15H21NO5. The number of rotatable bonds is 8. The molecule has 6 heteroatoms. The Morgan fingerprint density at radius 1 is 1.33 bits per heavy atom. The molecule has 6 nitrogen and oxygen atoms in total. The van der Waals surface area contributed by atoms with Crippen molar-refractivity contribution in [3.8, 4) is 5.75 Å². The maximum atomic E-state index is 11.9. The third-order valence-corrected chi connectivity index (χ3v) is 3.08.